The highest BCUT2D eigenvalue weighted by Crippen LogP contribution is 2.22. The quantitative estimate of drug-likeness (QED) is 0.719. The third-order valence-electron chi connectivity index (χ3n) is 3.88. The molecule has 0 aliphatic carbocycles. The third-order valence-corrected chi connectivity index (χ3v) is 3.88. The molecular formula is C20H22F3N3O3. The predicted molar refractivity (Wildman–Crippen MR) is 102 cm³/mol. The molecule has 0 spiro atoms. The van der Waals surface area contributed by atoms with E-state index in [1.165, 1.54) is 25.1 Å². The molecule has 156 valence electrons. The minimum absolute atomic E-state index is 0.183. The van der Waals surface area contributed by atoms with Crippen molar-refractivity contribution in [1.82, 2.24) is 10.3 Å². The number of carbonyl (C=O) groups excluding carboxylic acids is 2. The summed E-state index contributed by atoms with van der Waals surface area (Å²) in [4.78, 5) is 28.0. The summed E-state index contributed by atoms with van der Waals surface area (Å²) in [5, 5.41) is 5.42. The van der Waals surface area contributed by atoms with Crippen LogP contribution in [-0.4, -0.2) is 29.6 Å². The molecule has 0 radical (unpaired) electrons. The fourth-order valence-corrected chi connectivity index (χ4v) is 2.56. The second kappa shape index (κ2) is 9.40. The monoisotopic (exact) mass is 409 g/mol. The van der Waals surface area contributed by atoms with E-state index in [-0.39, 0.29) is 17.2 Å². The fraction of sp³-hybridized carbons (Fsp3) is 0.350. The number of ether oxygens (including phenoxy) is 1. The minimum atomic E-state index is -4.30. The Morgan fingerprint density at radius 2 is 1.93 bits per heavy atom. The molecule has 9 heteroatoms. The molecule has 2 rings (SSSR count). The zero-order valence-electron chi connectivity index (χ0n) is 16.3. The van der Waals surface area contributed by atoms with Gasteiger partial charge < -0.3 is 15.4 Å². The van der Waals surface area contributed by atoms with Gasteiger partial charge in [-0.1, -0.05) is 6.07 Å². The van der Waals surface area contributed by atoms with Crippen LogP contribution in [0.15, 0.2) is 36.4 Å². The molecule has 29 heavy (non-hydrogen) atoms. The van der Waals surface area contributed by atoms with Crippen LogP contribution in [0.2, 0.25) is 0 Å². The summed E-state index contributed by atoms with van der Waals surface area (Å²) in [7, 11) is 0. The number of nitrogens with zero attached hydrogens (tertiary/aromatic N) is 1. The van der Waals surface area contributed by atoms with Crippen molar-refractivity contribution >= 4 is 17.6 Å². The first-order chi connectivity index (χ1) is 13.5. The van der Waals surface area contributed by atoms with Crippen molar-refractivity contribution in [3.63, 3.8) is 0 Å². The largest absolute Gasteiger partial charge is 0.493 e. The van der Waals surface area contributed by atoms with Crippen LogP contribution in [0.3, 0.4) is 0 Å². The van der Waals surface area contributed by atoms with Crippen molar-refractivity contribution < 1.29 is 27.5 Å². The Labute approximate surface area is 166 Å². The lowest BCUT2D eigenvalue weighted by atomic mass is 10.1. The van der Waals surface area contributed by atoms with Gasteiger partial charge in [0, 0.05) is 18.2 Å². The van der Waals surface area contributed by atoms with Crippen molar-refractivity contribution in [1.29, 1.82) is 0 Å². The number of halogens is 3. The van der Waals surface area contributed by atoms with Crippen LogP contribution in [0.1, 0.15) is 47.9 Å². The van der Waals surface area contributed by atoms with E-state index >= 15 is 0 Å². The SMILES string of the molecule is CC(=O)Nc1cc(C(C)NC(=O)c2cccc(OCCC(F)(F)F)c2)cc(C)n1. The molecule has 1 unspecified atom stereocenters. The Kier molecular flexibility index (Phi) is 7.19. The highest BCUT2D eigenvalue weighted by Gasteiger charge is 2.26. The van der Waals surface area contributed by atoms with Gasteiger partial charge in [-0.25, -0.2) is 4.98 Å². The number of aromatic nitrogens is 1. The van der Waals surface area contributed by atoms with Crippen LogP contribution in [0.5, 0.6) is 5.75 Å². The molecule has 1 aromatic heterocycles. The van der Waals surface area contributed by atoms with Crippen molar-refractivity contribution in [2.75, 3.05) is 11.9 Å². The molecule has 2 N–H and O–H groups in total. The average Bonchev–Trinajstić information content (AvgIpc) is 2.59. The first-order valence-electron chi connectivity index (χ1n) is 8.90. The second-order valence-corrected chi connectivity index (χ2v) is 6.54. The minimum Gasteiger partial charge on any atom is -0.493 e. The molecule has 0 aliphatic heterocycles. The Morgan fingerprint density at radius 3 is 2.59 bits per heavy atom. The maximum Gasteiger partial charge on any atom is 0.392 e. The lowest BCUT2D eigenvalue weighted by molar-refractivity contribution is -0.139. The number of hydrogen-bond donors (Lipinski definition) is 2. The van der Waals surface area contributed by atoms with Crippen molar-refractivity contribution in [3.05, 3.63) is 53.2 Å². The van der Waals surface area contributed by atoms with E-state index in [2.05, 4.69) is 15.6 Å². The number of anilines is 1. The third kappa shape index (κ3) is 7.44. The molecule has 0 fully saturated rings. The molecule has 0 aliphatic rings. The number of benzene rings is 1. The lowest BCUT2D eigenvalue weighted by Gasteiger charge is -2.16. The van der Waals surface area contributed by atoms with Gasteiger partial charge in [0.05, 0.1) is 19.1 Å². The van der Waals surface area contributed by atoms with E-state index in [0.717, 1.165) is 5.56 Å². The van der Waals surface area contributed by atoms with Crippen LogP contribution < -0.4 is 15.4 Å². The molecule has 1 heterocycles. The van der Waals surface area contributed by atoms with Gasteiger partial charge in [-0.15, -0.1) is 0 Å². The number of carbonyl (C=O) groups is 2. The normalized spacial score (nSPS) is 12.2. The van der Waals surface area contributed by atoms with Gasteiger partial charge in [0.1, 0.15) is 11.6 Å². The molecule has 2 aromatic rings. The van der Waals surface area contributed by atoms with E-state index < -0.39 is 31.2 Å². The van der Waals surface area contributed by atoms with Gasteiger partial charge in [0.2, 0.25) is 5.91 Å². The zero-order chi connectivity index (χ0) is 21.6. The van der Waals surface area contributed by atoms with E-state index in [0.29, 0.717) is 11.5 Å². The number of hydrogen-bond acceptors (Lipinski definition) is 4. The number of rotatable bonds is 7. The summed E-state index contributed by atoms with van der Waals surface area (Å²) >= 11 is 0. The fourth-order valence-electron chi connectivity index (χ4n) is 2.56. The van der Waals surface area contributed by atoms with Crippen molar-refractivity contribution in [2.24, 2.45) is 0 Å². The standard InChI is InChI=1S/C20H22F3N3O3/c1-12-9-16(11-18(24-12)26-14(3)27)13(2)25-19(28)15-5-4-6-17(10-15)29-8-7-20(21,22)23/h4-6,9-11,13H,7-8H2,1-3H3,(H,25,28)(H,24,26,27). The molecule has 2 amide bonds. The van der Waals surface area contributed by atoms with Gasteiger partial charge >= 0.3 is 6.18 Å². The summed E-state index contributed by atoms with van der Waals surface area (Å²) in [6.45, 7) is 4.39. The first kappa shape index (κ1) is 22.2. The Hall–Kier alpha value is -3.10. The number of aryl methyl sites for hydroxylation is 1. The number of amides is 2. The highest BCUT2D eigenvalue weighted by molar-refractivity contribution is 5.94. The Morgan fingerprint density at radius 1 is 1.21 bits per heavy atom. The van der Waals surface area contributed by atoms with Gasteiger partial charge in [-0.3, -0.25) is 9.59 Å². The molecule has 0 saturated heterocycles. The van der Waals surface area contributed by atoms with Gasteiger partial charge in [0.25, 0.3) is 5.91 Å². The molecule has 1 atom stereocenters. The molecule has 1 aromatic carbocycles. The molecular weight excluding hydrogens is 387 g/mol. The summed E-state index contributed by atoms with van der Waals surface area (Å²) in [5.41, 5.74) is 1.67. The van der Waals surface area contributed by atoms with Crippen molar-refractivity contribution in [3.8, 4) is 5.75 Å². The summed E-state index contributed by atoms with van der Waals surface area (Å²) < 4.78 is 41.8. The van der Waals surface area contributed by atoms with Crippen LogP contribution in [0, 0.1) is 6.92 Å². The number of pyridine rings is 1. The topological polar surface area (TPSA) is 80.3 Å². The number of alkyl halides is 3. The zero-order valence-corrected chi connectivity index (χ0v) is 16.3. The van der Waals surface area contributed by atoms with E-state index in [1.807, 2.05) is 0 Å². The van der Waals surface area contributed by atoms with Gasteiger partial charge in [-0.2, -0.15) is 13.2 Å². The van der Waals surface area contributed by atoms with E-state index in [4.69, 9.17) is 4.74 Å². The Balaban J connectivity index is 2.05. The number of nitrogens with one attached hydrogen (secondary N) is 2. The Bertz CT molecular complexity index is 885. The first-order valence-corrected chi connectivity index (χ1v) is 8.90. The maximum absolute atomic E-state index is 12.5. The average molecular weight is 409 g/mol. The van der Waals surface area contributed by atoms with E-state index in [9.17, 15) is 22.8 Å². The smallest absolute Gasteiger partial charge is 0.392 e. The predicted octanol–water partition coefficient (Wildman–Crippen LogP) is 4.17. The highest BCUT2D eigenvalue weighted by atomic mass is 19.4. The van der Waals surface area contributed by atoms with Gasteiger partial charge in [0.15, 0.2) is 0 Å². The summed E-state index contributed by atoms with van der Waals surface area (Å²) in [6.07, 6.45) is -5.37. The van der Waals surface area contributed by atoms with Crippen LogP contribution >= 0.6 is 0 Å². The summed E-state index contributed by atoms with van der Waals surface area (Å²) in [6, 6.07) is 9.00. The van der Waals surface area contributed by atoms with Crippen LogP contribution in [0.4, 0.5) is 19.0 Å². The van der Waals surface area contributed by atoms with E-state index in [1.54, 1.807) is 32.0 Å². The molecule has 0 bridgehead atoms. The van der Waals surface area contributed by atoms with Crippen LogP contribution in [0.25, 0.3) is 0 Å². The lowest BCUT2D eigenvalue weighted by Crippen LogP contribution is -2.27. The van der Waals surface area contributed by atoms with Gasteiger partial charge in [-0.05, 0) is 49.7 Å². The van der Waals surface area contributed by atoms with Crippen molar-refractivity contribution in [2.45, 2.75) is 39.4 Å². The molecule has 6 nitrogen and oxygen atoms in total. The molecule has 0 saturated carbocycles. The maximum atomic E-state index is 12.5. The summed E-state index contributed by atoms with van der Waals surface area (Å²) in [5.74, 6) is -0.0988. The van der Waals surface area contributed by atoms with Crippen LogP contribution in [-0.2, 0) is 4.79 Å². The second-order valence-electron chi connectivity index (χ2n) is 6.54.